The van der Waals surface area contributed by atoms with E-state index >= 15 is 0 Å². The number of allylic oxidation sites excluding steroid dienone is 1. The van der Waals surface area contributed by atoms with Crippen molar-refractivity contribution in [2.75, 3.05) is 7.11 Å². The fourth-order valence-corrected chi connectivity index (χ4v) is 2.00. The van der Waals surface area contributed by atoms with Crippen LogP contribution in [0.25, 0.3) is 6.08 Å². The summed E-state index contributed by atoms with van der Waals surface area (Å²) < 4.78 is 12.7. The van der Waals surface area contributed by atoms with Crippen LogP contribution in [0.2, 0.25) is 0 Å². The molecule has 5 heteroatoms. The highest BCUT2D eigenvalue weighted by Gasteiger charge is 2.11. The Morgan fingerprint density at radius 3 is 2.73 bits per heavy atom. The molecule has 0 unspecified atom stereocenters. The average Bonchev–Trinajstić information content (AvgIpc) is 2.92. The van der Waals surface area contributed by atoms with Gasteiger partial charge in [0.05, 0.1) is 25.0 Å². The van der Waals surface area contributed by atoms with Crippen molar-refractivity contribution in [3.63, 3.8) is 0 Å². The minimum Gasteiger partial charge on any atom is -0.493 e. The number of rotatable bonds is 6. The van der Waals surface area contributed by atoms with Gasteiger partial charge in [-0.3, -0.25) is 9.48 Å². The number of aryl methyl sites for hydroxylation is 1. The molecule has 0 bridgehead atoms. The molecule has 0 radical (unpaired) electrons. The van der Waals surface area contributed by atoms with Gasteiger partial charge >= 0.3 is 0 Å². The third kappa shape index (κ3) is 3.75. The average molecular weight is 300 g/mol. The molecule has 0 aliphatic heterocycles. The van der Waals surface area contributed by atoms with Crippen LogP contribution in [-0.4, -0.2) is 28.8 Å². The lowest BCUT2D eigenvalue weighted by molar-refractivity contribution is 0.104. The molecule has 1 aromatic heterocycles. The zero-order valence-corrected chi connectivity index (χ0v) is 13.2. The van der Waals surface area contributed by atoms with Crippen molar-refractivity contribution in [2.24, 2.45) is 7.05 Å². The van der Waals surface area contributed by atoms with E-state index in [0.29, 0.717) is 17.1 Å². The van der Waals surface area contributed by atoms with Crippen LogP contribution in [0, 0.1) is 0 Å². The molecule has 2 aromatic rings. The number of methoxy groups -OCH3 is 1. The summed E-state index contributed by atoms with van der Waals surface area (Å²) in [6, 6.07) is 5.57. The first-order valence-corrected chi connectivity index (χ1v) is 7.06. The molecule has 0 aliphatic rings. The molecule has 0 amide bonds. The zero-order chi connectivity index (χ0) is 16.1. The van der Waals surface area contributed by atoms with Crippen LogP contribution in [0.1, 0.15) is 29.8 Å². The monoisotopic (exact) mass is 300 g/mol. The van der Waals surface area contributed by atoms with Crippen molar-refractivity contribution in [2.45, 2.75) is 20.0 Å². The van der Waals surface area contributed by atoms with Crippen LogP contribution < -0.4 is 9.47 Å². The fourth-order valence-electron chi connectivity index (χ4n) is 2.00. The van der Waals surface area contributed by atoms with Gasteiger partial charge in [-0.15, -0.1) is 0 Å². The maximum atomic E-state index is 12.1. The predicted octanol–water partition coefficient (Wildman–Crippen LogP) is 3.11. The van der Waals surface area contributed by atoms with Gasteiger partial charge in [-0.05, 0) is 32.1 Å². The molecule has 0 spiro atoms. The number of benzene rings is 1. The highest BCUT2D eigenvalue weighted by molar-refractivity contribution is 6.06. The summed E-state index contributed by atoms with van der Waals surface area (Å²) in [5.74, 6) is 1.17. The molecule has 0 saturated heterocycles. The van der Waals surface area contributed by atoms with Gasteiger partial charge in [0.15, 0.2) is 17.3 Å². The van der Waals surface area contributed by atoms with Gasteiger partial charge < -0.3 is 9.47 Å². The maximum absolute atomic E-state index is 12.1. The second-order valence-corrected chi connectivity index (χ2v) is 5.15. The van der Waals surface area contributed by atoms with Crippen LogP contribution in [0.3, 0.4) is 0 Å². The van der Waals surface area contributed by atoms with Crippen molar-refractivity contribution in [3.05, 3.63) is 47.8 Å². The number of hydrogen-bond donors (Lipinski definition) is 0. The minimum atomic E-state index is -0.105. The molecular weight excluding hydrogens is 280 g/mol. The van der Waals surface area contributed by atoms with Gasteiger partial charge in [0.2, 0.25) is 0 Å². The summed E-state index contributed by atoms with van der Waals surface area (Å²) in [7, 11) is 3.37. The summed E-state index contributed by atoms with van der Waals surface area (Å²) in [4.78, 5) is 12.1. The second-order valence-electron chi connectivity index (χ2n) is 5.15. The van der Waals surface area contributed by atoms with E-state index in [4.69, 9.17) is 9.47 Å². The van der Waals surface area contributed by atoms with Gasteiger partial charge in [-0.1, -0.05) is 12.1 Å². The van der Waals surface area contributed by atoms with Crippen LogP contribution in [0.5, 0.6) is 11.5 Å². The van der Waals surface area contributed by atoms with Crippen LogP contribution in [0.4, 0.5) is 0 Å². The Bertz CT molecular complexity index is 687. The van der Waals surface area contributed by atoms with E-state index in [0.717, 1.165) is 5.56 Å². The predicted molar refractivity (Wildman–Crippen MR) is 85.3 cm³/mol. The molecule has 5 nitrogen and oxygen atoms in total. The van der Waals surface area contributed by atoms with Crippen LogP contribution in [0.15, 0.2) is 36.7 Å². The lowest BCUT2D eigenvalue weighted by atomic mass is 10.1. The Morgan fingerprint density at radius 1 is 1.36 bits per heavy atom. The topological polar surface area (TPSA) is 53.3 Å². The molecule has 0 atom stereocenters. The first-order chi connectivity index (χ1) is 10.5. The lowest BCUT2D eigenvalue weighted by Crippen LogP contribution is -2.08. The molecule has 0 fully saturated rings. The summed E-state index contributed by atoms with van der Waals surface area (Å²) in [6.07, 6.45) is 6.49. The highest BCUT2D eigenvalue weighted by atomic mass is 16.5. The number of para-hydroxylation sites is 1. The number of ketones is 1. The number of ether oxygens (including phenoxy) is 2. The Hall–Kier alpha value is -2.56. The van der Waals surface area contributed by atoms with E-state index in [2.05, 4.69) is 5.10 Å². The largest absolute Gasteiger partial charge is 0.493 e. The minimum absolute atomic E-state index is 0.0116. The SMILES string of the molecule is COc1cccc(/C=C/C(=O)c2cnn(C)c2)c1OC(C)C. The van der Waals surface area contributed by atoms with Crippen molar-refractivity contribution < 1.29 is 14.3 Å². The molecular formula is C17H20N2O3. The number of carbonyl (C=O) groups is 1. The van der Waals surface area contributed by atoms with Gasteiger partial charge in [0, 0.05) is 18.8 Å². The Kier molecular flexibility index (Phi) is 4.99. The zero-order valence-electron chi connectivity index (χ0n) is 13.2. The smallest absolute Gasteiger partial charge is 0.189 e. The summed E-state index contributed by atoms with van der Waals surface area (Å²) in [5, 5.41) is 3.99. The van der Waals surface area contributed by atoms with Gasteiger partial charge in [-0.2, -0.15) is 5.10 Å². The molecule has 116 valence electrons. The van der Waals surface area contributed by atoms with E-state index in [9.17, 15) is 4.79 Å². The van der Waals surface area contributed by atoms with Gasteiger partial charge in [0.25, 0.3) is 0 Å². The van der Waals surface area contributed by atoms with E-state index in [1.165, 1.54) is 6.08 Å². The third-order valence-electron chi connectivity index (χ3n) is 2.99. The molecule has 0 aliphatic carbocycles. The lowest BCUT2D eigenvalue weighted by Gasteiger charge is -2.15. The molecule has 0 saturated carbocycles. The summed E-state index contributed by atoms with van der Waals surface area (Å²) in [5.41, 5.74) is 1.35. The summed E-state index contributed by atoms with van der Waals surface area (Å²) in [6.45, 7) is 3.89. The third-order valence-corrected chi connectivity index (χ3v) is 2.99. The van der Waals surface area contributed by atoms with Crippen LogP contribution in [-0.2, 0) is 7.05 Å². The van der Waals surface area contributed by atoms with Crippen molar-refractivity contribution in [3.8, 4) is 11.5 Å². The molecule has 1 heterocycles. The first-order valence-electron chi connectivity index (χ1n) is 7.06. The second kappa shape index (κ2) is 6.93. The quantitative estimate of drug-likeness (QED) is 0.607. The van der Waals surface area contributed by atoms with Crippen LogP contribution >= 0.6 is 0 Å². The Labute approximate surface area is 130 Å². The molecule has 22 heavy (non-hydrogen) atoms. The number of carbonyl (C=O) groups excluding carboxylic acids is 1. The Morgan fingerprint density at radius 2 is 2.14 bits per heavy atom. The summed E-state index contributed by atoms with van der Waals surface area (Å²) >= 11 is 0. The van der Waals surface area contributed by atoms with E-state index < -0.39 is 0 Å². The molecule has 2 rings (SSSR count). The van der Waals surface area contributed by atoms with E-state index in [-0.39, 0.29) is 11.9 Å². The van der Waals surface area contributed by atoms with Crippen molar-refractivity contribution in [1.29, 1.82) is 0 Å². The molecule has 0 N–H and O–H groups in total. The van der Waals surface area contributed by atoms with Gasteiger partial charge in [0.1, 0.15) is 0 Å². The Balaban J connectivity index is 2.28. The van der Waals surface area contributed by atoms with E-state index in [1.54, 1.807) is 37.3 Å². The normalized spacial score (nSPS) is 11.1. The molecule has 1 aromatic carbocycles. The number of aromatic nitrogens is 2. The highest BCUT2D eigenvalue weighted by Crippen LogP contribution is 2.32. The van der Waals surface area contributed by atoms with Crippen molar-refractivity contribution in [1.82, 2.24) is 9.78 Å². The standard InChI is InChI=1S/C17H20N2O3/c1-12(2)22-17-13(6-5-7-16(17)21-4)8-9-15(20)14-10-18-19(3)11-14/h5-12H,1-4H3/b9-8+. The van der Waals surface area contributed by atoms with E-state index in [1.807, 2.05) is 32.0 Å². The van der Waals surface area contributed by atoms with Crippen molar-refractivity contribution >= 4 is 11.9 Å². The number of hydrogen-bond acceptors (Lipinski definition) is 4. The first kappa shape index (κ1) is 15.8. The number of nitrogens with zero attached hydrogens (tertiary/aromatic N) is 2. The maximum Gasteiger partial charge on any atom is 0.189 e. The van der Waals surface area contributed by atoms with Gasteiger partial charge in [-0.25, -0.2) is 0 Å². The fraction of sp³-hybridized carbons (Fsp3) is 0.294.